The fourth-order valence-electron chi connectivity index (χ4n) is 7.19. The zero-order valence-corrected chi connectivity index (χ0v) is 17.8. The molecule has 5 aliphatic rings. The van der Waals surface area contributed by atoms with Gasteiger partial charge in [0.1, 0.15) is 10.9 Å². The predicted molar refractivity (Wildman–Crippen MR) is 105 cm³/mol. The number of rotatable bonds is 4. The third-order valence-electron chi connectivity index (χ3n) is 8.05. The molecule has 3 heteroatoms. The zero-order chi connectivity index (χ0) is 17.8. The molecule has 0 spiro atoms. The minimum absolute atomic E-state index is 0.0483. The largest absolute Gasteiger partial charge is 0.461 e. The first-order valence-corrected chi connectivity index (χ1v) is 11.6. The fourth-order valence-corrected chi connectivity index (χ4v) is 7.86. The van der Waals surface area contributed by atoms with Gasteiger partial charge in [0, 0.05) is 0 Å². The lowest BCUT2D eigenvalue weighted by Gasteiger charge is -2.58. The molecule has 5 fully saturated rings. The van der Waals surface area contributed by atoms with E-state index in [-0.39, 0.29) is 22.3 Å². The molecule has 0 unspecified atom stereocenters. The molecule has 0 aromatic rings. The number of carbonyl (C=O) groups is 1. The Morgan fingerprint density at radius 2 is 1.56 bits per heavy atom. The number of carbonyl (C=O) groups excluding carboxylic acids is 1. The third-order valence-corrected chi connectivity index (χ3v) is 9.40. The number of halogens is 1. The molecule has 0 heterocycles. The highest BCUT2D eigenvalue weighted by Crippen LogP contribution is 2.62. The molecular weight excluding hydrogens is 376 g/mol. The highest BCUT2D eigenvalue weighted by molar-refractivity contribution is 9.10. The van der Waals surface area contributed by atoms with E-state index in [1.165, 1.54) is 51.4 Å². The van der Waals surface area contributed by atoms with E-state index in [1.807, 2.05) is 0 Å². The maximum Gasteiger partial charge on any atom is 0.320 e. The summed E-state index contributed by atoms with van der Waals surface area (Å²) in [6, 6.07) is 0. The van der Waals surface area contributed by atoms with Gasteiger partial charge in [0.25, 0.3) is 0 Å². The quantitative estimate of drug-likeness (QED) is 0.421. The van der Waals surface area contributed by atoms with Crippen molar-refractivity contribution in [1.29, 1.82) is 0 Å². The number of hydrogen-bond acceptors (Lipinski definition) is 2. The summed E-state index contributed by atoms with van der Waals surface area (Å²) in [6.45, 7) is 6.92. The Bertz CT molecular complexity index is 479. The van der Waals surface area contributed by atoms with Gasteiger partial charge in [-0.25, -0.2) is 0 Å². The summed E-state index contributed by atoms with van der Waals surface area (Å²) in [7, 11) is 0. The second-order valence-corrected chi connectivity index (χ2v) is 11.4. The molecule has 5 aliphatic carbocycles. The van der Waals surface area contributed by atoms with Crippen LogP contribution >= 0.6 is 15.9 Å². The van der Waals surface area contributed by atoms with Crippen LogP contribution in [0.4, 0.5) is 0 Å². The number of esters is 1. The summed E-state index contributed by atoms with van der Waals surface area (Å²) in [6.07, 6.45) is 11.6. The first-order chi connectivity index (χ1) is 11.9. The van der Waals surface area contributed by atoms with Crippen LogP contribution in [0.1, 0.15) is 78.6 Å². The van der Waals surface area contributed by atoms with Crippen LogP contribution < -0.4 is 0 Å². The van der Waals surface area contributed by atoms with Gasteiger partial charge in [-0.3, -0.25) is 4.79 Å². The number of ether oxygens (including phenoxy) is 1. The molecule has 0 saturated heterocycles. The summed E-state index contributed by atoms with van der Waals surface area (Å²) in [5.41, 5.74) is 0.196. The molecule has 0 radical (unpaired) electrons. The van der Waals surface area contributed by atoms with E-state index < -0.39 is 0 Å². The highest BCUT2D eigenvalue weighted by Gasteiger charge is 2.56. The molecule has 4 bridgehead atoms. The van der Waals surface area contributed by atoms with Crippen LogP contribution in [0.15, 0.2) is 0 Å². The topological polar surface area (TPSA) is 26.3 Å². The van der Waals surface area contributed by atoms with E-state index in [0.29, 0.717) is 11.8 Å². The molecule has 142 valence electrons. The maximum absolute atomic E-state index is 13.1. The van der Waals surface area contributed by atoms with E-state index in [0.717, 1.165) is 30.1 Å². The average molecular weight is 411 g/mol. The molecule has 5 saturated carbocycles. The average Bonchev–Trinajstić information content (AvgIpc) is 2.54. The Kier molecular flexibility index (Phi) is 5.01. The van der Waals surface area contributed by atoms with Crippen molar-refractivity contribution in [2.24, 2.45) is 40.9 Å². The van der Waals surface area contributed by atoms with Crippen LogP contribution in [0, 0.1) is 40.9 Å². The van der Waals surface area contributed by atoms with Crippen LogP contribution in [0.25, 0.3) is 0 Å². The van der Waals surface area contributed by atoms with Crippen molar-refractivity contribution in [2.75, 3.05) is 0 Å². The summed E-state index contributed by atoms with van der Waals surface area (Å²) in [5, 5.41) is 0. The van der Waals surface area contributed by atoms with Crippen LogP contribution in [0.5, 0.6) is 0 Å². The van der Waals surface area contributed by atoms with E-state index >= 15 is 0 Å². The van der Waals surface area contributed by atoms with Crippen molar-refractivity contribution >= 4 is 21.9 Å². The lowest BCUT2D eigenvalue weighted by molar-refractivity contribution is -0.161. The smallest absolute Gasteiger partial charge is 0.320 e. The van der Waals surface area contributed by atoms with Crippen LogP contribution in [-0.4, -0.2) is 16.9 Å². The Hall–Kier alpha value is -0.0500. The van der Waals surface area contributed by atoms with Crippen LogP contribution in [0.3, 0.4) is 0 Å². The van der Waals surface area contributed by atoms with Crippen molar-refractivity contribution in [3.63, 3.8) is 0 Å². The monoisotopic (exact) mass is 410 g/mol. The van der Waals surface area contributed by atoms with Gasteiger partial charge in [-0.05, 0) is 98.7 Å². The molecule has 0 aliphatic heterocycles. The molecule has 0 aromatic heterocycles. The minimum Gasteiger partial charge on any atom is -0.461 e. The Balaban J connectivity index is 1.44. The lowest BCUT2D eigenvalue weighted by Crippen LogP contribution is -2.53. The Labute approximate surface area is 162 Å². The molecule has 0 aromatic carbocycles. The van der Waals surface area contributed by atoms with Crippen molar-refractivity contribution in [3.8, 4) is 0 Å². The van der Waals surface area contributed by atoms with Crippen LogP contribution in [0.2, 0.25) is 0 Å². The maximum atomic E-state index is 13.1. The minimum atomic E-state index is -0.0828. The zero-order valence-electron chi connectivity index (χ0n) is 16.2. The van der Waals surface area contributed by atoms with Gasteiger partial charge in [0.2, 0.25) is 0 Å². The molecule has 0 N–H and O–H groups in total. The lowest BCUT2D eigenvalue weighted by atomic mass is 9.49. The normalized spacial score (nSPS) is 47.1. The summed E-state index contributed by atoms with van der Waals surface area (Å²) >= 11 is 3.85. The fraction of sp³-hybridized carbons (Fsp3) is 0.955. The first-order valence-electron chi connectivity index (χ1n) is 10.7. The van der Waals surface area contributed by atoms with Gasteiger partial charge in [0.05, 0.1) is 0 Å². The SMILES string of the molecule is CC(C)[C@@H]1C[C@@H](C)CC[C@@H]1OC(=O)[C@H](Br)C12CC3CC(CC(C3)C1)C2. The third kappa shape index (κ3) is 3.44. The van der Waals surface area contributed by atoms with E-state index in [2.05, 4.69) is 36.7 Å². The van der Waals surface area contributed by atoms with Gasteiger partial charge in [-0.2, -0.15) is 0 Å². The first kappa shape index (κ1) is 18.3. The van der Waals surface area contributed by atoms with Crippen molar-refractivity contribution < 1.29 is 9.53 Å². The molecule has 2 nitrogen and oxygen atoms in total. The van der Waals surface area contributed by atoms with E-state index in [1.54, 1.807) is 0 Å². The molecule has 5 rings (SSSR count). The Morgan fingerprint density at radius 3 is 2.08 bits per heavy atom. The van der Waals surface area contributed by atoms with Crippen molar-refractivity contribution in [3.05, 3.63) is 0 Å². The number of alkyl halides is 1. The Morgan fingerprint density at radius 1 is 1.00 bits per heavy atom. The molecule has 4 atom stereocenters. The van der Waals surface area contributed by atoms with E-state index in [9.17, 15) is 4.79 Å². The molecular formula is C22H35BrO2. The highest BCUT2D eigenvalue weighted by atomic mass is 79.9. The molecule has 25 heavy (non-hydrogen) atoms. The van der Waals surface area contributed by atoms with Gasteiger partial charge in [-0.15, -0.1) is 0 Å². The second kappa shape index (κ2) is 6.84. The van der Waals surface area contributed by atoms with Gasteiger partial charge >= 0.3 is 5.97 Å². The van der Waals surface area contributed by atoms with Crippen LogP contribution in [-0.2, 0) is 9.53 Å². The summed E-state index contributed by atoms with van der Waals surface area (Å²) in [4.78, 5) is 13.0. The van der Waals surface area contributed by atoms with Crippen molar-refractivity contribution in [2.45, 2.75) is 89.5 Å². The summed E-state index contributed by atoms with van der Waals surface area (Å²) in [5.74, 6) is 4.56. The summed E-state index contributed by atoms with van der Waals surface area (Å²) < 4.78 is 6.18. The van der Waals surface area contributed by atoms with Gasteiger partial charge in [0.15, 0.2) is 0 Å². The standard InChI is InChI=1S/C22H35BrO2/c1-13(2)18-6-14(3)4-5-19(18)25-21(24)20(23)22-10-15-7-16(11-22)9-17(8-15)12-22/h13-20H,4-12H2,1-3H3/t14-,15?,16?,17?,18-,19-,20-,22?/m0/s1. The van der Waals surface area contributed by atoms with Gasteiger partial charge < -0.3 is 4.74 Å². The van der Waals surface area contributed by atoms with E-state index in [4.69, 9.17) is 4.74 Å². The van der Waals surface area contributed by atoms with Crippen molar-refractivity contribution in [1.82, 2.24) is 0 Å². The molecule has 0 amide bonds. The number of hydrogen-bond donors (Lipinski definition) is 0. The second-order valence-electron chi connectivity index (χ2n) is 10.4. The van der Waals surface area contributed by atoms with Gasteiger partial charge in [-0.1, -0.05) is 36.7 Å². The predicted octanol–water partition coefficient (Wildman–Crippen LogP) is 5.97.